The van der Waals surface area contributed by atoms with Crippen molar-refractivity contribution in [1.29, 1.82) is 0 Å². The maximum absolute atomic E-state index is 12.1. The second-order valence-corrected chi connectivity index (χ2v) is 9.07. The molecule has 2 aromatic rings. The Labute approximate surface area is 136 Å². The van der Waals surface area contributed by atoms with Crippen LogP contribution in [0.3, 0.4) is 0 Å². The molecular weight excluding hydrogens is 440 g/mol. The van der Waals surface area contributed by atoms with Crippen molar-refractivity contribution in [3.05, 3.63) is 37.5 Å². The molecule has 4 nitrogen and oxygen atoms in total. The van der Waals surface area contributed by atoms with E-state index in [1.54, 1.807) is 18.2 Å². The third-order valence-electron chi connectivity index (χ3n) is 2.14. The highest BCUT2D eigenvalue weighted by Gasteiger charge is 2.19. The van der Waals surface area contributed by atoms with E-state index < -0.39 is 10.0 Å². The van der Waals surface area contributed by atoms with Gasteiger partial charge in [0.15, 0.2) is 0 Å². The standard InChI is InChI=1S/C10H7Br2ClN2O2S2/c11-6-3-5(1-2-8(6)14)15-19(16,17)9-4-7(13)10(12)18-9/h1-4,15H,14H2. The van der Waals surface area contributed by atoms with E-state index in [1.165, 1.54) is 6.07 Å². The molecule has 0 unspecified atom stereocenters. The topological polar surface area (TPSA) is 72.2 Å². The highest BCUT2D eigenvalue weighted by Crippen LogP contribution is 2.35. The van der Waals surface area contributed by atoms with Crippen LogP contribution in [0.2, 0.25) is 5.02 Å². The van der Waals surface area contributed by atoms with Crippen LogP contribution in [0.15, 0.2) is 36.7 Å². The minimum atomic E-state index is -3.65. The summed E-state index contributed by atoms with van der Waals surface area (Å²) in [6.45, 7) is 0. The molecule has 0 aliphatic rings. The molecule has 0 spiro atoms. The lowest BCUT2D eigenvalue weighted by Crippen LogP contribution is -2.11. The van der Waals surface area contributed by atoms with Crippen LogP contribution >= 0.6 is 54.8 Å². The molecule has 1 heterocycles. The average Bonchev–Trinajstić information content (AvgIpc) is 2.65. The first-order valence-electron chi connectivity index (χ1n) is 4.82. The van der Waals surface area contributed by atoms with E-state index in [0.717, 1.165) is 11.3 Å². The van der Waals surface area contributed by atoms with Crippen molar-refractivity contribution < 1.29 is 8.42 Å². The minimum absolute atomic E-state index is 0.136. The molecule has 3 N–H and O–H groups in total. The largest absolute Gasteiger partial charge is 0.398 e. The van der Waals surface area contributed by atoms with Gasteiger partial charge in [-0.3, -0.25) is 4.72 Å². The van der Waals surface area contributed by atoms with E-state index in [2.05, 4.69) is 36.6 Å². The van der Waals surface area contributed by atoms with Crippen LogP contribution in [0, 0.1) is 0 Å². The first-order valence-corrected chi connectivity index (χ1v) is 9.08. The Bertz CT molecular complexity index is 712. The van der Waals surface area contributed by atoms with Gasteiger partial charge in [0.25, 0.3) is 10.0 Å². The zero-order valence-electron chi connectivity index (χ0n) is 9.15. The number of hydrogen-bond acceptors (Lipinski definition) is 4. The van der Waals surface area contributed by atoms with Crippen LogP contribution in [0.1, 0.15) is 0 Å². The predicted molar refractivity (Wildman–Crippen MR) is 86.4 cm³/mol. The maximum atomic E-state index is 12.1. The summed E-state index contributed by atoms with van der Waals surface area (Å²) in [5, 5.41) is 0.365. The molecule has 2 rings (SSSR count). The zero-order chi connectivity index (χ0) is 14.2. The zero-order valence-corrected chi connectivity index (χ0v) is 14.7. The summed E-state index contributed by atoms with van der Waals surface area (Å²) < 4.78 is 28.1. The number of hydrogen-bond donors (Lipinski definition) is 2. The van der Waals surface area contributed by atoms with Crippen molar-refractivity contribution in [2.24, 2.45) is 0 Å². The Morgan fingerprint density at radius 3 is 2.47 bits per heavy atom. The van der Waals surface area contributed by atoms with Crippen LogP contribution in [0.4, 0.5) is 11.4 Å². The lowest BCUT2D eigenvalue weighted by atomic mass is 10.3. The summed E-state index contributed by atoms with van der Waals surface area (Å²) in [4.78, 5) is 0. The van der Waals surface area contributed by atoms with Gasteiger partial charge in [0, 0.05) is 10.2 Å². The number of halogens is 3. The van der Waals surface area contributed by atoms with Gasteiger partial charge in [-0.25, -0.2) is 8.42 Å². The quantitative estimate of drug-likeness (QED) is 0.690. The second kappa shape index (κ2) is 5.61. The Morgan fingerprint density at radius 1 is 1.26 bits per heavy atom. The van der Waals surface area contributed by atoms with E-state index in [1.807, 2.05) is 0 Å². The SMILES string of the molecule is Nc1ccc(NS(=O)(=O)c2cc(Cl)c(Br)s2)cc1Br. The van der Waals surface area contributed by atoms with Crippen LogP contribution < -0.4 is 10.5 Å². The number of nitrogen functional groups attached to an aromatic ring is 1. The van der Waals surface area contributed by atoms with E-state index in [0.29, 0.717) is 24.7 Å². The molecule has 19 heavy (non-hydrogen) atoms. The predicted octanol–water partition coefficient (Wildman–Crippen LogP) is 4.31. The first kappa shape index (κ1) is 15.1. The van der Waals surface area contributed by atoms with Crippen LogP contribution in [0.25, 0.3) is 0 Å². The van der Waals surface area contributed by atoms with Crippen molar-refractivity contribution >= 4 is 76.2 Å². The smallest absolute Gasteiger partial charge is 0.271 e. The number of thiophene rings is 1. The van der Waals surface area contributed by atoms with Crippen molar-refractivity contribution in [1.82, 2.24) is 0 Å². The van der Waals surface area contributed by atoms with Crippen LogP contribution in [-0.2, 0) is 10.0 Å². The second-order valence-electron chi connectivity index (χ2n) is 3.53. The molecule has 0 saturated heterocycles. The molecule has 9 heteroatoms. The van der Waals surface area contributed by atoms with Gasteiger partial charge in [-0.15, -0.1) is 11.3 Å². The van der Waals surface area contributed by atoms with Gasteiger partial charge < -0.3 is 5.73 Å². The highest BCUT2D eigenvalue weighted by molar-refractivity contribution is 9.11. The van der Waals surface area contributed by atoms with Crippen LogP contribution in [0.5, 0.6) is 0 Å². The lowest BCUT2D eigenvalue weighted by Gasteiger charge is -2.07. The van der Waals surface area contributed by atoms with E-state index in [9.17, 15) is 8.42 Å². The fourth-order valence-corrected chi connectivity index (χ4v) is 5.08. The summed E-state index contributed by atoms with van der Waals surface area (Å²) in [6, 6.07) is 6.18. The average molecular weight is 447 g/mol. The third-order valence-corrected chi connectivity index (χ3v) is 7.16. The molecule has 1 aromatic heterocycles. The number of rotatable bonds is 3. The first-order chi connectivity index (χ1) is 8.79. The molecule has 1 aromatic carbocycles. The van der Waals surface area contributed by atoms with E-state index in [4.69, 9.17) is 17.3 Å². The lowest BCUT2D eigenvalue weighted by molar-refractivity contribution is 0.603. The van der Waals surface area contributed by atoms with Gasteiger partial charge >= 0.3 is 0 Å². The highest BCUT2D eigenvalue weighted by atomic mass is 79.9. The maximum Gasteiger partial charge on any atom is 0.271 e. The number of anilines is 2. The molecule has 0 amide bonds. The van der Waals surface area contributed by atoms with Crippen molar-refractivity contribution in [3.63, 3.8) is 0 Å². The normalized spacial score (nSPS) is 11.5. The Hall–Kier alpha value is -0.280. The van der Waals surface area contributed by atoms with Gasteiger partial charge in [-0.1, -0.05) is 11.6 Å². The number of nitrogens with two attached hydrogens (primary N) is 1. The summed E-state index contributed by atoms with van der Waals surface area (Å²) in [7, 11) is -3.65. The van der Waals surface area contributed by atoms with Gasteiger partial charge in [-0.2, -0.15) is 0 Å². The van der Waals surface area contributed by atoms with Crippen molar-refractivity contribution in [2.75, 3.05) is 10.5 Å². The van der Waals surface area contributed by atoms with Crippen molar-refractivity contribution in [3.8, 4) is 0 Å². The molecule has 0 bridgehead atoms. The monoisotopic (exact) mass is 444 g/mol. The molecular formula is C10H7Br2ClN2O2S2. The molecule has 0 aliphatic heterocycles. The Kier molecular flexibility index (Phi) is 4.46. The molecule has 0 saturated carbocycles. The number of sulfonamides is 1. The fourth-order valence-electron chi connectivity index (χ4n) is 1.26. The van der Waals surface area contributed by atoms with E-state index >= 15 is 0 Å². The van der Waals surface area contributed by atoms with Crippen molar-refractivity contribution in [2.45, 2.75) is 4.21 Å². The minimum Gasteiger partial charge on any atom is -0.398 e. The number of nitrogens with one attached hydrogen (secondary N) is 1. The molecule has 0 fully saturated rings. The molecule has 0 atom stereocenters. The fraction of sp³-hybridized carbons (Fsp3) is 0. The number of benzene rings is 1. The summed E-state index contributed by atoms with van der Waals surface area (Å²) in [5.41, 5.74) is 6.59. The molecule has 0 radical (unpaired) electrons. The summed E-state index contributed by atoms with van der Waals surface area (Å²) >= 11 is 13.3. The molecule has 0 aliphatic carbocycles. The third kappa shape index (κ3) is 3.43. The van der Waals surface area contributed by atoms with Gasteiger partial charge in [-0.05, 0) is 56.1 Å². The van der Waals surface area contributed by atoms with E-state index in [-0.39, 0.29) is 4.21 Å². The van der Waals surface area contributed by atoms with Gasteiger partial charge in [0.1, 0.15) is 4.21 Å². The van der Waals surface area contributed by atoms with Crippen LogP contribution in [-0.4, -0.2) is 8.42 Å². The Balaban J connectivity index is 2.33. The van der Waals surface area contributed by atoms with Gasteiger partial charge in [0.2, 0.25) is 0 Å². The van der Waals surface area contributed by atoms with Gasteiger partial charge in [0.05, 0.1) is 14.5 Å². The Morgan fingerprint density at radius 2 is 1.95 bits per heavy atom. The molecule has 102 valence electrons. The summed E-state index contributed by atoms with van der Waals surface area (Å²) in [5.74, 6) is 0. The summed E-state index contributed by atoms with van der Waals surface area (Å²) in [6.07, 6.45) is 0.